The Bertz CT molecular complexity index is 386. The maximum atomic E-state index is 11.4. The topological polar surface area (TPSA) is 64.6 Å². The minimum atomic E-state index is -0.355. The van der Waals surface area contributed by atoms with Crippen molar-refractivity contribution in [3.8, 4) is 0 Å². The lowest BCUT2D eigenvalue weighted by Gasteiger charge is -2.06. The van der Waals surface area contributed by atoms with Gasteiger partial charge in [0.2, 0.25) is 0 Å². The number of hydrogen-bond donors (Lipinski definition) is 1. The number of rotatable bonds is 5. The maximum Gasteiger partial charge on any atom is 0.338 e. The van der Waals surface area contributed by atoms with E-state index < -0.39 is 0 Å². The molecule has 0 unspecified atom stereocenters. The summed E-state index contributed by atoms with van der Waals surface area (Å²) in [5, 5.41) is 2.87. The molecule has 0 saturated heterocycles. The summed E-state index contributed by atoms with van der Waals surface area (Å²) < 4.78 is 9.34. The fourth-order valence-electron chi connectivity index (χ4n) is 1.18. The van der Waals surface area contributed by atoms with Crippen LogP contribution in [-0.2, 0) is 14.3 Å². The minimum Gasteiger partial charge on any atom is -0.468 e. The zero-order chi connectivity index (χ0) is 12.7. The van der Waals surface area contributed by atoms with E-state index >= 15 is 0 Å². The number of ether oxygens (including phenoxy) is 2. The Balaban J connectivity index is 2.56. The highest BCUT2D eigenvalue weighted by Gasteiger charge is 2.05. The first kappa shape index (κ1) is 13.0. The van der Waals surface area contributed by atoms with Crippen molar-refractivity contribution in [2.45, 2.75) is 6.92 Å². The summed E-state index contributed by atoms with van der Waals surface area (Å²) in [6.07, 6.45) is 0. The van der Waals surface area contributed by atoms with E-state index in [9.17, 15) is 9.59 Å². The summed E-state index contributed by atoms with van der Waals surface area (Å²) in [5.41, 5.74) is 1.22. The Labute approximate surface area is 99.7 Å². The molecule has 0 fully saturated rings. The lowest BCUT2D eigenvalue weighted by molar-refractivity contribution is -0.138. The van der Waals surface area contributed by atoms with Gasteiger partial charge in [0, 0.05) is 5.69 Å². The molecule has 0 aliphatic rings. The molecule has 0 amide bonds. The van der Waals surface area contributed by atoms with Gasteiger partial charge >= 0.3 is 11.9 Å². The molecule has 92 valence electrons. The SMILES string of the molecule is CCOC(=O)c1ccc(NCC(=O)OC)cc1. The monoisotopic (exact) mass is 237 g/mol. The van der Waals surface area contributed by atoms with Crippen molar-refractivity contribution < 1.29 is 19.1 Å². The molecule has 0 spiro atoms. The van der Waals surface area contributed by atoms with E-state index in [-0.39, 0.29) is 18.5 Å². The van der Waals surface area contributed by atoms with E-state index in [1.54, 1.807) is 31.2 Å². The van der Waals surface area contributed by atoms with E-state index in [1.807, 2.05) is 0 Å². The summed E-state index contributed by atoms with van der Waals surface area (Å²) in [6, 6.07) is 6.68. The fourth-order valence-corrected chi connectivity index (χ4v) is 1.18. The largest absolute Gasteiger partial charge is 0.468 e. The quantitative estimate of drug-likeness (QED) is 0.785. The Morgan fingerprint density at radius 3 is 2.41 bits per heavy atom. The zero-order valence-electron chi connectivity index (χ0n) is 9.86. The molecule has 0 aromatic heterocycles. The third-order valence-corrected chi connectivity index (χ3v) is 2.06. The number of methoxy groups -OCH3 is 1. The van der Waals surface area contributed by atoms with Crippen molar-refractivity contribution >= 4 is 17.6 Å². The summed E-state index contributed by atoms with van der Waals surface area (Å²) >= 11 is 0. The maximum absolute atomic E-state index is 11.4. The highest BCUT2D eigenvalue weighted by molar-refractivity contribution is 5.89. The summed E-state index contributed by atoms with van der Waals surface area (Å²) in [4.78, 5) is 22.2. The first-order valence-electron chi connectivity index (χ1n) is 5.25. The number of nitrogens with one attached hydrogen (secondary N) is 1. The number of anilines is 1. The van der Waals surface area contributed by atoms with Gasteiger partial charge in [0.05, 0.1) is 19.3 Å². The van der Waals surface area contributed by atoms with Crippen LogP contribution >= 0.6 is 0 Å². The standard InChI is InChI=1S/C12H15NO4/c1-3-17-12(15)9-4-6-10(7-5-9)13-8-11(14)16-2/h4-7,13H,3,8H2,1-2H3. The van der Waals surface area contributed by atoms with Gasteiger partial charge in [-0.25, -0.2) is 4.79 Å². The van der Waals surface area contributed by atoms with Crippen molar-refractivity contribution in [2.75, 3.05) is 25.6 Å². The van der Waals surface area contributed by atoms with Crippen LogP contribution in [0.25, 0.3) is 0 Å². The molecule has 0 aliphatic heterocycles. The molecule has 0 radical (unpaired) electrons. The van der Waals surface area contributed by atoms with Crippen molar-refractivity contribution in [1.29, 1.82) is 0 Å². The van der Waals surface area contributed by atoms with Crippen LogP contribution in [0.5, 0.6) is 0 Å². The number of carbonyl (C=O) groups excluding carboxylic acids is 2. The number of benzene rings is 1. The second kappa shape index (κ2) is 6.52. The Morgan fingerprint density at radius 1 is 1.24 bits per heavy atom. The zero-order valence-corrected chi connectivity index (χ0v) is 9.86. The van der Waals surface area contributed by atoms with Gasteiger partial charge in [-0.1, -0.05) is 0 Å². The highest BCUT2D eigenvalue weighted by Crippen LogP contribution is 2.10. The lowest BCUT2D eigenvalue weighted by atomic mass is 10.2. The average Bonchev–Trinajstić information content (AvgIpc) is 2.36. The van der Waals surface area contributed by atoms with Crippen molar-refractivity contribution in [2.24, 2.45) is 0 Å². The smallest absolute Gasteiger partial charge is 0.338 e. The van der Waals surface area contributed by atoms with Crippen LogP contribution in [0, 0.1) is 0 Å². The first-order chi connectivity index (χ1) is 8.17. The molecule has 1 N–H and O–H groups in total. The van der Waals surface area contributed by atoms with Gasteiger partial charge in [-0.3, -0.25) is 4.79 Å². The van der Waals surface area contributed by atoms with Gasteiger partial charge in [-0.05, 0) is 31.2 Å². The van der Waals surface area contributed by atoms with Crippen LogP contribution < -0.4 is 5.32 Å². The van der Waals surface area contributed by atoms with E-state index in [2.05, 4.69) is 10.1 Å². The second-order valence-electron chi connectivity index (χ2n) is 3.23. The van der Waals surface area contributed by atoms with Crippen LogP contribution in [0.2, 0.25) is 0 Å². The van der Waals surface area contributed by atoms with E-state index in [1.165, 1.54) is 7.11 Å². The number of carbonyl (C=O) groups is 2. The number of hydrogen-bond acceptors (Lipinski definition) is 5. The first-order valence-corrected chi connectivity index (χ1v) is 5.25. The number of esters is 2. The van der Waals surface area contributed by atoms with Crippen molar-refractivity contribution in [3.63, 3.8) is 0 Å². The Hall–Kier alpha value is -2.04. The summed E-state index contributed by atoms with van der Waals surface area (Å²) in [5.74, 6) is -0.702. The van der Waals surface area contributed by atoms with Gasteiger partial charge in [0.1, 0.15) is 6.54 Å². The van der Waals surface area contributed by atoms with Gasteiger partial charge in [-0.15, -0.1) is 0 Å². The normalized spacial score (nSPS) is 9.53. The Kier molecular flexibility index (Phi) is 5.00. The fraction of sp³-hybridized carbons (Fsp3) is 0.333. The van der Waals surface area contributed by atoms with Crippen molar-refractivity contribution in [1.82, 2.24) is 0 Å². The minimum absolute atomic E-state index is 0.0925. The van der Waals surface area contributed by atoms with Crippen LogP contribution in [0.4, 0.5) is 5.69 Å². The molecule has 0 atom stereocenters. The molecule has 0 saturated carbocycles. The molecular weight excluding hydrogens is 222 g/mol. The van der Waals surface area contributed by atoms with Gasteiger partial charge in [-0.2, -0.15) is 0 Å². The molecule has 5 nitrogen and oxygen atoms in total. The molecule has 0 bridgehead atoms. The molecule has 0 aliphatic carbocycles. The average molecular weight is 237 g/mol. The lowest BCUT2D eigenvalue weighted by Crippen LogP contribution is -2.15. The molecule has 17 heavy (non-hydrogen) atoms. The van der Waals surface area contributed by atoms with Crippen LogP contribution in [0.15, 0.2) is 24.3 Å². The van der Waals surface area contributed by atoms with E-state index in [4.69, 9.17) is 4.74 Å². The molecule has 1 aromatic rings. The van der Waals surface area contributed by atoms with Gasteiger partial charge in [0.25, 0.3) is 0 Å². The Morgan fingerprint density at radius 2 is 1.88 bits per heavy atom. The van der Waals surface area contributed by atoms with Crippen LogP contribution in [0.3, 0.4) is 0 Å². The molecule has 1 aromatic carbocycles. The molecule has 0 heterocycles. The second-order valence-corrected chi connectivity index (χ2v) is 3.23. The van der Waals surface area contributed by atoms with Crippen LogP contribution in [-0.4, -0.2) is 32.2 Å². The van der Waals surface area contributed by atoms with E-state index in [0.717, 1.165) is 5.69 Å². The highest BCUT2D eigenvalue weighted by atomic mass is 16.5. The van der Waals surface area contributed by atoms with Gasteiger partial charge in [0.15, 0.2) is 0 Å². The van der Waals surface area contributed by atoms with E-state index in [0.29, 0.717) is 12.2 Å². The molecule has 5 heteroatoms. The predicted octanol–water partition coefficient (Wildman–Crippen LogP) is 1.45. The van der Waals surface area contributed by atoms with Gasteiger partial charge < -0.3 is 14.8 Å². The predicted molar refractivity (Wildman–Crippen MR) is 62.9 cm³/mol. The van der Waals surface area contributed by atoms with Crippen molar-refractivity contribution in [3.05, 3.63) is 29.8 Å². The van der Waals surface area contributed by atoms with Crippen LogP contribution in [0.1, 0.15) is 17.3 Å². The third-order valence-electron chi connectivity index (χ3n) is 2.06. The molecule has 1 rings (SSSR count). The molecular formula is C12H15NO4. The summed E-state index contributed by atoms with van der Waals surface area (Å²) in [6.45, 7) is 2.20. The third kappa shape index (κ3) is 4.14. The summed E-state index contributed by atoms with van der Waals surface area (Å²) in [7, 11) is 1.33.